The third-order valence-corrected chi connectivity index (χ3v) is 8.30. The van der Waals surface area contributed by atoms with Gasteiger partial charge in [-0.25, -0.2) is 14.6 Å². The van der Waals surface area contributed by atoms with Crippen molar-refractivity contribution in [2.24, 2.45) is 0 Å². The summed E-state index contributed by atoms with van der Waals surface area (Å²) >= 11 is 1.76. The first-order chi connectivity index (χ1) is 18.7. The van der Waals surface area contributed by atoms with Crippen LogP contribution in [-0.2, 0) is 11.3 Å². The Balaban J connectivity index is 1.15. The maximum Gasteiger partial charge on any atom is 0.262 e. The number of fused-ring (bicyclic) bond motifs is 1. The zero-order valence-corrected chi connectivity index (χ0v) is 21.6. The molecule has 0 radical (unpaired) electrons. The Morgan fingerprint density at radius 2 is 1.71 bits per heavy atom. The van der Waals surface area contributed by atoms with Gasteiger partial charge in [0.15, 0.2) is 10.8 Å². The first kappa shape index (κ1) is 23.3. The van der Waals surface area contributed by atoms with E-state index in [2.05, 4.69) is 44.1 Å². The fourth-order valence-corrected chi connectivity index (χ4v) is 6.20. The Kier molecular flexibility index (Phi) is 5.99. The van der Waals surface area contributed by atoms with Crippen molar-refractivity contribution in [2.45, 2.75) is 12.5 Å². The summed E-state index contributed by atoms with van der Waals surface area (Å²) in [6, 6.07) is 20.2. The molecule has 0 saturated carbocycles. The number of ether oxygens (including phenoxy) is 1. The predicted octanol–water partition coefficient (Wildman–Crippen LogP) is 3.67. The van der Waals surface area contributed by atoms with Crippen LogP contribution in [-0.4, -0.2) is 69.0 Å². The van der Waals surface area contributed by atoms with Crippen LogP contribution in [0.1, 0.15) is 16.6 Å². The summed E-state index contributed by atoms with van der Waals surface area (Å²) in [5.41, 5.74) is 3.51. The number of nitrogens with zero attached hydrogens (tertiary/aromatic N) is 6. The van der Waals surface area contributed by atoms with Gasteiger partial charge in [-0.3, -0.25) is 9.69 Å². The average molecular weight is 526 g/mol. The fourth-order valence-electron chi connectivity index (χ4n) is 5.06. The molecular weight excluding hydrogens is 498 g/mol. The molecule has 2 fully saturated rings. The van der Waals surface area contributed by atoms with E-state index in [9.17, 15) is 4.79 Å². The molecule has 5 heterocycles. The van der Waals surface area contributed by atoms with Gasteiger partial charge in [0.05, 0.1) is 36.7 Å². The third-order valence-electron chi connectivity index (χ3n) is 7.20. The van der Waals surface area contributed by atoms with Crippen LogP contribution in [0.5, 0.6) is 0 Å². The van der Waals surface area contributed by atoms with E-state index in [-0.39, 0.29) is 11.5 Å². The minimum absolute atomic E-state index is 0.123. The highest BCUT2D eigenvalue weighted by molar-refractivity contribution is 7.16. The molecule has 192 valence electrons. The first-order valence-electron chi connectivity index (χ1n) is 12.9. The summed E-state index contributed by atoms with van der Waals surface area (Å²) in [5.74, 6) is 0.822. The lowest BCUT2D eigenvalue weighted by Crippen LogP contribution is -2.46. The SMILES string of the molecule is O=c1[nH]c(C2CN(c3nc(-c4ccccc4)c(CN4CCOCC4)s3)C2)nc2c1cnn2-c1ccccc1. The van der Waals surface area contributed by atoms with Gasteiger partial charge in [0, 0.05) is 43.2 Å². The van der Waals surface area contributed by atoms with Crippen LogP contribution in [0.15, 0.2) is 71.7 Å². The van der Waals surface area contributed by atoms with E-state index in [1.165, 1.54) is 4.88 Å². The van der Waals surface area contributed by atoms with Gasteiger partial charge in [0.1, 0.15) is 11.2 Å². The van der Waals surface area contributed by atoms with Crippen molar-refractivity contribution in [3.63, 3.8) is 0 Å². The molecule has 0 aliphatic carbocycles. The Morgan fingerprint density at radius 3 is 2.47 bits per heavy atom. The normalized spacial score (nSPS) is 16.7. The first-order valence-corrected chi connectivity index (χ1v) is 13.7. The summed E-state index contributed by atoms with van der Waals surface area (Å²) in [6.07, 6.45) is 1.59. The monoisotopic (exact) mass is 525 g/mol. The molecule has 2 saturated heterocycles. The molecule has 0 amide bonds. The van der Waals surface area contributed by atoms with Crippen molar-refractivity contribution >= 4 is 27.5 Å². The van der Waals surface area contributed by atoms with Crippen molar-refractivity contribution in [3.8, 4) is 16.9 Å². The average Bonchev–Trinajstić information content (AvgIpc) is 3.54. The van der Waals surface area contributed by atoms with Crippen molar-refractivity contribution in [2.75, 3.05) is 44.3 Å². The van der Waals surface area contributed by atoms with Crippen LogP contribution in [0.2, 0.25) is 0 Å². The van der Waals surface area contributed by atoms with Crippen LogP contribution < -0.4 is 10.5 Å². The van der Waals surface area contributed by atoms with Gasteiger partial charge >= 0.3 is 0 Å². The molecule has 10 heteroatoms. The highest BCUT2D eigenvalue weighted by atomic mass is 32.1. The molecule has 2 aliphatic rings. The zero-order valence-electron chi connectivity index (χ0n) is 20.8. The standard InChI is InChI=1S/C28H27N7O2S/c36-27-22-15-29-35(21-9-5-2-6-10-21)26(22)31-25(32-27)20-16-34(17-20)28-30-24(19-7-3-1-4-8-19)23(38-28)18-33-11-13-37-14-12-33/h1-10,15,20H,11-14,16-18H2,(H,31,32,36). The molecule has 7 rings (SSSR count). The van der Waals surface area contributed by atoms with Crippen molar-refractivity contribution in [3.05, 3.63) is 87.9 Å². The lowest BCUT2D eigenvalue weighted by molar-refractivity contribution is 0.0347. The highest BCUT2D eigenvalue weighted by Gasteiger charge is 2.33. The van der Waals surface area contributed by atoms with Crippen LogP contribution in [0.4, 0.5) is 5.13 Å². The van der Waals surface area contributed by atoms with E-state index >= 15 is 0 Å². The summed E-state index contributed by atoms with van der Waals surface area (Å²) in [5, 5.41) is 5.94. The number of aromatic amines is 1. The Labute approximate surface area is 223 Å². The van der Waals surface area contributed by atoms with Gasteiger partial charge in [-0.1, -0.05) is 59.9 Å². The molecule has 38 heavy (non-hydrogen) atoms. The largest absolute Gasteiger partial charge is 0.379 e. The third kappa shape index (κ3) is 4.30. The van der Waals surface area contributed by atoms with Crippen LogP contribution >= 0.6 is 11.3 Å². The molecule has 5 aromatic rings. The number of H-pyrrole nitrogens is 1. The van der Waals surface area contributed by atoms with Gasteiger partial charge < -0.3 is 14.6 Å². The van der Waals surface area contributed by atoms with Gasteiger partial charge in [-0.05, 0) is 12.1 Å². The second-order valence-corrected chi connectivity index (χ2v) is 10.8. The van der Waals surface area contributed by atoms with E-state index in [4.69, 9.17) is 14.7 Å². The maximum absolute atomic E-state index is 12.8. The quantitative estimate of drug-likeness (QED) is 0.362. The smallest absolute Gasteiger partial charge is 0.262 e. The van der Waals surface area contributed by atoms with Gasteiger partial charge in [-0.2, -0.15) is 5.10 Å². The number of anilines is 1. The number of rotatable bonds is 6. The van der Waals surface area contributed by atoms with E-state index in [1.54, 1.807) is 22.2 Å². The molecule has 0 atom stereocenters. The topological polar surface area (TPSA) is 92.2 Å². The second kappa shape index (κ2) is 9.79. The molecule has 2 aromatic carbocycles. The number of hydrogen-bond acceptors (Lipinski definition) is 8. The Morgan fingerprint density at radius 1 is 0.974 bits per heavy atom. The van der Waals surface area contributed by atoms with Crippen LogP contribution in [0, 0.1) is 0 Å². The molecule has 0 spiro atoms. The fraction of sp³-hybridized carbons (Fsp3) is 0.286. The maximum atomic E-state index is 12.8. The molecular formula is C28H27N7O2S. The van der Waals surface area contributed by atoms with E-state index in [1.807, 2.05) is 36.4 Å². The summed E-state index contributed by atoms with van der Waals surface area (Å²) in [4.78, 5) is 31.8. The highest BCUT2D eigenvalue weighted by Crippen LogP contribution is 2.38. The second-order valence-electron chi connectivity index (χ2n) is 9.71. The molecule has 1 N–H and O–H groups in total. The van der Waals surface area contributed by atoms with E-state index < -0.39 is 0 Å². The number of para-hydroxylation sites is 1. The lowest BCUT2D eigenvalue weighted by atomic mass is 10.00. The number of thiazole rings is 1. The summed E-state index contributed by atoms with van der Waals surface area (Å²) < 4.78 is 7.27. The van der Waals surface area contributed by atoms with Crippen molar-refractivity contribution < 1.29 is 4.74 Å². The van der Waals surface area contributed by atoms with Gasteiger partial charge in [0.2, 0.25) is 0 Å². The number of morpholine rings is 1. The Hall–Kier alpha value is -3.86. The number of benzene rings is 2. The molecule has 3 aromatic heterocycles. The van der Waals surface area contributed by atoms with Crippen LogP contribution in [0.3, 0.4) is 0 Å². The lowest BCUT2D eigenvalue weighted by Gasteiger charge is -2.38. The molecule has 0 bridgehead atoms. The van der Waals surface area contributed by atoms with Crippen molar-refractivity contribution in [1.82, 2.24) is 29.6 Å². The van der Waals surface area contributed by atoms with Crippen LogP contribution in [0.25, 0.3) is 28.0 Å². The molecule has 9 nitrogen and oxygen atoms in total. The Bertz CT molecular complexity index is 1620. The summed E-state index contributed by atoms with van der Waals surface area (Å²) in [7, 11) is 0. The predicted molar refractivity (Wildman–Crippen MR) is 148 cm³/mol. The van der Waals surface area contributed by atoms with E-state index in [0.29, 0.717) is 16.9 Å². The summed E-state index contributed by atoms with van der Waals surface area (Å²) in [6.45, 7) is 5.82. The van der Waals surface area contributed by atoms with Gasteiger partial charge in [-0.15, -0.1) is 0 Å². The van der Waals surface area contributed by atoms with Gasteiger partial charge in [0.25, 0.3) is 5.56 Å². The van der Waals surface area contributed by atoms with Crippen molar-refractivity contribution in [1.29, 1.82) is 0 Å². The molecule has 2 aliphatic heterocycles. The van der Waals surface area contributed by atoms with E-state index in [0.717, 1.165) is 68.0 Å². The number of nitrogens with one attached hydrogen (secondary N) is 1. The minimum atomic E-state index is -0.154. The number of hydrogen-bond donors (Lipinski definition) is 1. The molecule has 0 unspecified atom stereocenters. The number of aromatic nitrogens is 5. The zero-order chi connectivity index (χ0) is 25.5. The minimum Gasteiger partial charge on any atom is -0.379 e.